The number of hydrogen-bond acceptors (Lipinski definition) is 4. The van der Waals surface area contributed by atoms with Crippen molar-refractivity contribution in [1.29, 1.82) is 0 Å². The molecule has 0 aliphatic rings. The van der Waals surface area contributed by atoms with Crippen molar-refractivity contribution in [2.24, 2.45) is 0 Å². The summed E-state index contributed by atoms with van der Waals surface area (Å²) in [5.41, 5.74) is 3.99. The molecule has 0 spiro atoms. The van der Waals surface area contributed by atoms with Gasteiger partial charge in [0.05, 0.1) is 18.3 Å². The molecule has 29 heavy (non-hydrogen) atoms. The fourth-order valence-corrected chi connectivity index (χ4v) is 4.16. The molecule has 1 N–H and O–H groups in total. The summed E-state index contributed by atoms with van der Waals surface area (Å²) in [5.74, 6) is 1.69. The maximum Gasteiger partial charge on any atom is 1.00 e. The zero-order valence-electron chi connectivity index (χ0n) is 17.9. The minimum absolute atomic E-state index is 0. The number of aromatic nitrogens is 3. The van der Waals surface area contributed by atoms with Gasteiger partial charge >= 0.3 is 29.6 Å². The molecule has 4 aromatic rings. The summed E-state index contributed by atoms with van der Waals surface area (Å²) in [5, 5.41) is 0.626. The number of halogens is 2. The summed E-state index contributed by atoms with van der Waals surface area (Å²) in [6, 6.07) is 11.5. The summed E-state index contributed by atoms with van der Waals surface area (Å²) in [4.78, 5) is 12.6. The average molecular weight is 485 g/mol. The number of rotatable bonds is 3. The van der Waals surface area contributed by atoms with Crippen LogP contribution in [0.25, 0.3) is 33.9 Å². The van der Waals surface area contributed by atoms with E-state index in [9.17, 15) is 0 Å². The molecule has 3 aromatic heterocycles. The van der Waals surface area contributed by atoms with Crippen LogP contribution in [0.2, 0.25) is 5.02 Å². The van der Waals surface area contributed by atoms with Crippen LogP contribution in [0.5, 0.6) is 5.88 Å². The standard InChI is InChI=1S/C21H19BrClN3O2.Na.H/c1-21(2,3)12-9-16(28-18(12)22)19-24-15-10-14(11-7-5-6-8-13(11)23)25-20(27-4)17(15)26-19;;/h5-10H,1-4H3,(H,24,26);;/q;+1;-1. The zero-order chi connectivity index (χ0) is 20.1. The number of furan rings is 1. The summed E-state index contributed by atoms with van der Waals surface area (Å²) >= 11 is 9.85. The molecule has 8 heteroatoms. The number of pyridine rings is 1. The van der Waals surface area contributed by atoms with Gasteiger partial charge < -0.3 is 15.6 Å². The molecule has 0 atom stereocenters. The zero-order valence-corrected chi connectivity index (χ0v) is 21.3. The van der Waals surface area contributed by atoms with Gasteiger partial charge in [0.15, 0.2) is 21.8 Å². The van der Waals surface area contributed by atoms with Crippen LogP contribution in [0, 0.1) is 0 Å². The molecule has 0 fully saturated rings. The average Bonchev–Trinajstić information content (AvgIpc) is 3.24. The van der Waals surface area contributed by atoms with Crippen molar-refractivity contribution in [3.63, 3.8) is 0 Å². The maximum atomic E-state index is 6.34. The third kappa shape index (κ3) is 4.28. The summed E-state index contributed by atoms with van der Waals surface area (Å²) in [6.07, 6.45) is 0. The predicted molar refractivity (Wildman–Crippen MR) is 116 cm³/mol. The van der Waals surface area contributed by atoms with Crippen LogP contribution in [-0.4, -0.2) is 22.1 Å². The first-order valence-corrected chi connectivity index (χ1v) is 9.95. The normalized spacial score (nSPS) is 11.5. The van der Waals surface area contributed by atoms with E-state index in [1.807, 2.05) is 36.4 Å². The van der Waals surface area contributed by atoms with Crippen molar-refractivity contribution in [1.82, 2.24) is 15.0 Å². The number of nitrogens with one attached hydrogen (secondary N) is 1. The third-order valence-electron chi connectivity index (χ3n) is 4.51. The molecule has 0 unspecified atom stereocenters. The van der Waals surface area contributed by atoms with E-state index in [-0.39, 0.29) is 36.4 Å². The molecule has 4 rings (SSSR count). The number of H-pyrrole nitrogens is 1. The molecular weight excluding hydrogens is 465 g/mol. The number of fused-ring (bicyclic) bond motifs is 1. The van der Waals surface area contributed by atoms with Gasteiger partial charge in [0.25, 0.3) is 0 Å². The molecule has 0 aliphatic heterocycles. The number of imidazole rings is 1. The first-order valence-electron chi connectivity index (χ1n) is 8.78. The van der Waals surface area contributed by atoms with Crippen molar-refractivity contribution in [2.45, 2.75) is 26.2 Å². The first-order chi connectivity index (χ1) is 13.3. The Hall–Kier alpha value is -1.31. The molecule has 5 nitrogen and oxygen atoms in total. The molecule has 146 valence electrons. The molecule has 0 saturated heterocycles. The topological polar surface area (TPSA) is 63.9 Å². The van der Waals surface area contributed by atoms with Crippen LogP contribution in [0.15, 0.2) is 45.5 Å². The van der Waals surface area contributed by atoms with E-state index in [0.29, 0.717) is 38.4 Å². The largest absolute Gasteiger partial charge is 1.00 e. The number of hydrogen-bond donors (Lipinski definition) is 1. The van der Waals surface area contributed by atoms with Crippen LogP contribution in [0.1, 0.15) is 27.8 Å². The minimum Gasteiger partial charge on any atom is -1.00 e. The van der Waals surface area contributed by atoms with Crippen LogP contribution in [0.4, 0.5) is 0 Å². The van der Waals surface area contributed by atoms with E-state index in [4.69, 9.17) is 20.8 Å². The Morgan fingerprint density at radius 2 is 1.90 bits per heavy atom. The number of ether oxygens (including phenoxy) is 1. The van der Waals surface area contributed by atoms with Crippen molar-refractivity contribution in [3.05, 3.63) is 51.7 Å². The second-order valence-corrected chi connectivity index (χ2v) is 8.65. The van der Waals surface area contributed by atoms with Gasteiger partial charge in [-0.3, -0.25) is 0 Å². The fraction of sp³-hybridized carbons (Fsp3) is 0.238. The second-order valence-electron chi connectivity index (χ2n) is 7.53. The molecule has 3 heterocycles. The SMILES string of the molecule is COc1nc(-c2ccccc2Cl)cc2[nH]c(-c3cc(C(C)(C)C)c(Br)o3)nc12.[H-].[Na+]. The molecule has 0 aliphatic carbocycles. The van der Waals surface area contributed by atoms with E-state index < -0.39 is 0 Å². The minimum atomic E-state index is -0.0525. The van der Waals surface area contributed by atoms with Crippen LogP contribution >= 0.6 is 27.5 Å². The van der Waals surface area contributed by atoms with Gasteiger partial charge in [0, 0.05) is 16.1 Å². The Balaban J connectivity index is 0.00000160. The van der Waals surface area contributed by atoms with Crippen LogP contribution in [-0.2, 0) is 5.41 Å². The second kappa shape index (κ2) is 8.44. The Labute approximate surface area is 206 Å². The van der Waals surface area contributed by atoms with Gasteiger partial charge in [-0.1, -0.05) is 50.6 Å². The first kappa shape index (κ1) is 22.4. The Kier molecular flexibility index (Phi) is 6.51. The number of aromatic amines is 1. The fourth-order valence-electron chi connectivity index (χ4n) is 3.05. The van der Waals surface area contributed by atoms with Crippen molar-refractivity contribution < 1.29 is 40.1 Å². The van der Waals surface area contributed by atoms with E-state index in [2.05, 4.69) is 51.7 Å². The van der Waals surface area contributed by atoms with Gasteiger partial charge in [-0.25, -0.2) is 9.97 Å². The smallest absolute Gasteiger partial charge is 1.00 e. The van der Waals surface area contributed by atoms with Gasteiger partial charge in [0.1, 0.15) is 0 Å². The Morgan fingerprint density at radius 3 is 2.52 bits per heavy atom. The molecule has 0 bridgehead atoms. The summed E-state index contributed by atoms with van der Waals surface area (Å²) < 4.78 is 12.1. The van der Waals surface area contributed by atoms with Crippen molar-refractivity contribution >= 4 is 38.6 Å². The Morgan fingerprint density at radius 1 is 1.17 bits per heavy atom. The van der Waals surface area contributed by atoms with E-state index in [0.717, 1.165) is 16.6 Å². The van der Waals surface area contributed by atoms with Gasteiger partial charge in [0.2, 0.25) is 5.88 Å². The van der Waals surface area contributed by atoms with E-state index in [1.54, 1.807) is 7.11 Å². The number of nitrogens with zero attached hydrogens (tertiary/aromatic N) is 2. The molecule has 0 saturated carbocycles. The van der Waals surface area contributed by atoms with E-state index in [1.165, 1.54) is 0 Å². The summed E-state index contributed by atoms with van der Waals surface area (Å²) in [6.45, 7) is 6.40. The number of benzene rings is 1. The summed E-state index contributed by atoms with van der Waals surface area (Å²) in [7, 11) is 1.58. The molecule has 1 aromatic carbocycles. The molecular formula is C21H20BrClN3NaO2. The third-order valence-corrected chi connectivity index (χ3v) is 5.43. The van der Waals surface area contributed by atoms with Gasteiger partial charge in [-0.2, -0.15) is 0 Å². The monoisotopic (exact) mass is 483 g/mol. The van der Waals surface area contributed by atoms with Crippen molar-refractivity contribution in [3.8, 4) is 28.7 Å². The maximum absolute atomic E-state index is 6.34. The van der Waals surface area contributed by atoms with Crippen LogP contribution in [0.3, 0.4) is 0 Å². The quantitative estimate of drug-likeness (QED) is 0.450. The Bertz CT molecular complexity index is 1190. The predicted octanol–water partition coefficient (Wildman–Crippen LogP) is 3.72. The molecule has 0 amide bonds. The van der Waals surface area contributed by atoms with Gasteiger partial charge in [-0.05, 0) is 39.5 Å². The molecule has 0 radical (unpaired) electrons. The van der Waals surface area contributed by atoms with Crippen LogP contribution < -0.4 is 34.3 Å². The van der Waals surface area contributed by atoms with E-state index >= 15 is 0 Å². The number of methoxy groups -OCH3 is 1. The van der Waals surface area contributed by atoms with Crippen molar-refractivity contribution in [2.75, 3.05) is 7.11 Å². The van der Waals surface area contributed by atoms with Gasteiger partial charge in [-0.15, -0.1) is 0 Å².